The number of carbonyl (C=O) groups is 2. The molecule has 1 aromatic heterocycles. The average Bonchev–Trinajstić information content (AvgIpc) is 3.15. The number of nitrogens with one attached hydrogen (secondary N) is 1. The van der Waals surface area contributed by atoms with Crippen LogP contribution < -0.4 is 5.32 Å². The molecule has 0 aliphatic carbocycles. The van der Waals surface area contributed by atoms with Crippen LogP contribution >= 0.6 is 15.9 Å². The van der Waals surface area contributed by atoms with Gasteiger partial charge in [0.1, 0.15) is 0 Å². The summed E-state index contributed by atoms with van der Waals surface area (Å²) in [5.74, 6) is 0.0330. The molecule has 0 bridgehead atoms. The number of hydrogen-bond acceptors (Lipinski definition) is 3. The van der Waals surface area contributed by atoms with Crippen LogP contribution in [0.15, 0.2) is 41.1 Å². The number of likely N-dealkylation sites (tertiary alicyclic amines) is 1. The zero-order valence-electron chi connectivity index (χ0n) is 16.6. The summed E-state index contributed by atoms with van der Waals surface area (Å²) in [6, 6.07) is 7.89. The largest absolute Gasteiger partial charge is 0.342 e. The number of halogens is 1. The molecular formula is C21H27BrN4O2. The van der Waals surface area contributed by atoms with E-state index >= 15 is 0 Å². The molecule has 3 rings (SSSR count). The molecule has 1 fully saturated rings. The van der Waals surface area contributed by atoms with E-state index in [4.69, 9.17) is 0 Å². The smallest absolute Gasteiger partial charge is 0.232 e. The van der Waals surface area contributed by atoms with E-state index < -0.39 is 5.41 Å². The molecule has 1 aliphatic rings. The maximum absolute atomic E-state index is 13.1. The lowest BCUT2D eigenvalue weighted by Gasteiger charge is -2.37. The summed E-state index contributed by atoms with van der Waals surface area (Å²) in [4.78, 5) is 27.6. The van der Waals surface area contributed by atoms with Crippen molar-refractivity contribution in [3.63, 3.8) is 0 Å². The maximum Gasteiger partial charge on any atom is 0.232 e. The van der Waals surface area contributed by atoms with E-state index in [1.807, 2.05) is 56.1 Å². The highest BCUT2D eigenvalue weighted by Gasteiger charge is 2.36. The number of amides is 2. The second kappa shape index (κ2) is 8.47. The summed E-state index contributed by atoms with van der Waals surface area (Å²) in [7, 11) is 0. The standard InChI is InChI=1S/C21H27BrN4O2/c1-4-26-14-18(13-23-26)24-19(27)15-8-10-25(11-9-15)20(28)21(2,3)16-6-5-7-17(22)12-16/h5-7,12-15H,4,8-11H2,1-3H3,(H,24,27). The molecule has 7 heteroatoms. The van der Waals surface area contributed by atoms with Gasteiger partial charge in [-0.3, -0.25) is 14.3 Å². The van der Waals surface area contributed by atoms with Gasteiger partial charge in [-0.15, -0.1) is 0 Å². The molecule has 2 aromatic rings. The van der Waals surface area contributed by atoms with Crippen LogP contribution in [-0.4, -0.2) is 39.6 Å². The van der Waals surface area contributed by atoms with E-state index in [9.17, 15) is 9.59 Å². The lowest BCUT2D eigenvalue weighted by molar-refractivity contribution is -0.139. The predicted molar refractivity (Wildman–Crippen MR) is 113 cm³/mol. The van der Waals surface area contributed by atoms with Gasteiger partial charge in [0.2, 0.25) is 11.8 Å². The zero-order chi connectivity index (χ0) is 20.3. The first-order chi connectivity index (χ1) is 13.3. The van der Waals surface area contributed by atoms with Gasteiger partial charge < -0.3 is 10.2 Å². The SMILES string of the molecule is CCn1cc(NC(=O)C2CCN(C(=O)C(C)(C)c3cccc(Br)c3)CC2)cn1. The lowest BCUT2D eigenvalue weighted by Crippen LogP contribution is -2.48. The molecule has 0 unspecified atom stereocenters. The molecule has 1 aromatic carbocycles. The van der Waals surface area contributed by atoms with Crippen LogP contribution in [0.5, 0.6) is 0 Å². The number of nitrogens with zero attached hydrogens (tertiary/aromatic N) is 3. The number of aryl methyl sites for hydroxylation is 1. The van der Waals surface area contributed by atoms with Crippen molar-refractivity contribution in [2.24, 2.45) is 5.92 Å². The Morgan fingerprint density at radius 2 is 2.00 bits per heavy atom. The summed E-state index contributed by atoms with van der Waals surface area (Å²) in [5, 5.41) is 7.12. The zero-order valence-corrected chi connectivity index (χ0v) is 18.2. The molecule has 6 nitrogen and oxygen atoms in total. The molecule has 28 heavy (non-hydrogen) atoms. The molecule has 0 spiro atoms. The first kappa shape index (κ1) is 20.6. The van der Waals surface area contributed by atoms with Crippen molar-refractivity contribution in [3.8, 4) is 0 Å². The number of anilines is 1. The number of hydrogen-bond donors (Lipinski definition) is 1. The van der Waals surface area contributed by atoms with E-state index in [2.05, 4.69) is 26.3 Å². The summed E-state index contributed by atoms with van der Waals surface area (Å²) in [6.45, 7) is 7.89. The van der Waals surface area contributed by atoms with Crippen molar-refractivity contribution in [2.75, 3.05) is 18.4 Å². The second-order valence-electron chi connectivity index (χ2n) is 7.78. The van der Waals surface area contributed by atoms with E-state index in [1.165, 1.54) is 0 Å². The Morgan fingerprint density at radius 3 is 2.61 bits per heavy atom. The van der Waals surface area contributed by atoms with Crippen LogP contribution in [0.2, 0.25) is 0 Å². The van der Waals surface area contributed by atoms with Crippen molar-refractivity contribution >= 4 is 33.4 Å². The van der Waals surface area contributed by atoms with Crippen molar-refractivity contribution in [3.05, 3.63) is 46.7 Å². The highest BCUT2D eigenvalue weighted by Crippen LogP contribution is 2.30. The van der Waals surface area contributed by atoms with Gasteiger partial charge in [0.15, 0.2) is 0 Å². The number of aromatic nitrogens is 2. The molecule has 2 amide bonds. The second-order valence-corrected chi connectivity index (χ2v) is 8.69. The molecule has 150 valence electrons. The number of piperidine rings is 1. The average molecular weight is 447 g/mol. The topological polar surface area (TPSA) is 67.2 Å². The van der Waals surface area contributed by atoms with E-state index in [1.54, 1.807) is 10.9 Å². The first-order valence-corrected chi connectivity index (χ1v) is 10.5. The van der Waals surface area contributed by atoms with Crippen LogP contribution in [-0.2, 0) is 21.5 Å². The summed E-state index contributed by atoms with van der Waals surface area (Å²) in [5.41, 5.74) is 1.11. The van der Waals surface area contributed by atoms with Crippen molar-refractivity contribution in [2.45, 2.75) is 45.6 Å². The molecule has 1 N–H and O–H groups in total. The first-order valence-electron chi connectivity index (χ1n) is 9.70. The minimum Gasteiger partial charge on any atom is -0.342 e. The third-order valence-corrected chi connectivity index (χ3v) is 5.95. The Bertz CT molecular complexity index is 854. The van der Waals surface area contributed by atoms with E-state index in [0.29, 0.717) is 25.9 Å². The van der Waals surface area contributed by atoms with Gasteiger partial charge in [-0.25, -0.2) is 0 Å². The van der Waals surface area contributed by atoms with Gasteiger partial charge in [-0.2, -0.15) is 5.10 Å². The Balaban J connectivity index is 1.58. The normalized spacial score (nSPS) is 15.5. The fraction of sp³-hybridized carbons (Fsp3) is 0.476. The van der Waals surface area contributed by atoms with Crippen molar-refractivity contribution in [1.82, 2.24) is 14.7 Å². The number of benzene rings is 1. The molecule has 1 saturated heterocycles. The molecule has 0 atom stereocenters. The Kier molecular flexibility index (Phi) is 6.23. The van der Waals surface area contributed by atoms with Gasteiger partial charge >= 0.3 is 0 Å². The quantitative estimate of drug-likeness (QED) is 0.758. The van der Waals surface area contributed by atoms with Gasteiger partial charge in [0.25, 0.3) is 0 Å². The fourth-order valence-electron chi connectivity index (χ4n) is 3.59. The predicted octanol–water partition coefficient (Wildman–Crippen LogP) is 3.82. The Hall–Kier alpha value is -2.15. The van der Waals surface area contributed by atoms with Crippen LogP contribution in [0.4, 0.5) is 5.69 Å². The van der Waals surface area contributed by atoms with Crippen LogP contribution in [0.3, 0.4) is 0 Å². The highest BCUT2D eigenvalue weighted by atomic mass is 79.9. The third kappa shape index (κ3) is 4.46. The monoisotopic (exact) mass is 446 g/mol. The minimum atomic E-state index is -0.604. The highest BCUT2D eigenvalue weighted by molar-refractivity contribution is 9.10. The number of rotatable bonds is 5. The fourth-order valence-corrected chi connectivity index (χ4v) is 3.99. The molecule has 1 aliphatic heterocycles. The lowest BCUT2D eigenvalue weighted by atomic mass is 9.82. The van der Waals surface area contributed by atoms with E-state index in [0.717, 1.165) is 22.3 Å². The molecule has 0 radical (unpaired) electrons. The maximum atomic E-state index is 13.1. The van der Waals surface area contributed by atoms with Crippen molar-refractivity contribution < 1.29 is 9.59 Å². The van der Waals surface area contributed by atoms with Gasteiger partial charge in [0, 0.05) is 36.2 Å². The minimum absolute atomic E-state index is 0.00834. The molecule has 0 saturated carbocycles. The van der Waals surface area contributed by atoms with Crippen LogP contribution in [0, 0.1) is 5.92 Å². The molecule has 2 heterocycles. The van der Waals surface area contributed by atoms with Gasteiger partial charge in [-0.1, -0.05) is 28.1 Å². The molecular weight excluding hydrogens is 420 g/mol. The summed E-state index contributed by atoms with van der Waals surface area (Å²) in [6.07, 6.45) is 4.85. The third-order valence-electron chi connectivity index (χ3n) is 5.46. The summed E-state index contributed by atoms with van der Waals surface area (Å²) < 4.78 is 2.74. The van der Waals surface area contributed by atoms with Crippen LogP contribution in [0.1, 0.15) is 39.2 Å². The van der Waals surface area contributed by atoms with E-state index in [-0.39, 0.29) is 17.7 Å². The van der Waals surface area contributed by atoms with Crippen LogP contribution in [0.25, 0.3) is 0 Å². The van der Waals surface area contributed by atoms with Gasteiger partial charge in [-0.05, 0) is 51.3 Å². The Morgan fingerprint density at radius 1 is 1.29 bits per heavy atom. The number of carbonyl (C=O) groups excluding carboxylic acids is 2. The van der Waals surface area contributed by atoms with Gasteiger partial charge in [0.05, 0.1) is 17.3 Å². The van der Waals surface area contributed by atoms with Crippen molar-refractivity contribution in [1.29, 1.82) is 0 Å². The Labute approximate surface area is 174 Å². The summed E-state index contributed by atoms with van der Waals surface area (Å²) >= 11 is 3.48.